The molecule has 0 radical (unpaired) electrons. The van der Waals surface area contributed by atoms with E-state index >= 15 is 0 Å². The van der Waals surface area contributed by atoms with E-state index in [1.807, 2.05) is 19.9 Å². The summed E-state index contributed by atoms with van der Waals surface area (Å²) in [6, 6.07) is 5.04. The molecular formula is C12H10ClN3O. The monoisotopic (exact) mass is 247 g/mol. The number of hydrogen-bond acceptors (Lipinski definition) is 3. The molecule has 0 saturated heterocycles. The van der Waals surface area contributed by atoms with Gasteiger partial charge >= 0.3 is 0 Å². The molecule has 4 nitrogen and oxygen atoms in total. The molecule has 0 aromatic carbocycles. The van der Waals surface area contributed by atoms with Gasteiger partial charge in [-0.25, -0.2) is 4.98 Å². The topological polar surface area (TPSA) is 58.7 Å². The van der Waals surface area contributed by atoms with Gasteiger partial charge in [0.2, 0.25) is 0 Å². The highest BCUT2D eigenvalue weighted by atomic mass is 35.5. The molecule has 0 saturated carbocycles. The van der Waals surface area contributed by atoms with Gasteiger partial charge in [0, 0.05) is 23.7 Å². The van der Waals surface area contributed by atoms with E-state index in [-0.39, 0.29) is 11.6 Å². The van der Waals surface area contributed by atoms with E-state index in [1.165, 1.54) is 12.3 Å². The van der Waals surface area contributed by atoms with Gasteiger partial charge in [0.15, 0.2) is 0 Å². The fourth-order valence-corrected chi connectivity index (χ4v) is 2.04. The van der Waals surface area contributed by atoms with Gasteiger partial charge in [-0.05, 0) is 19.9 Å². The smallest absolute Gasteiger partial charge is 0.251 e. The molecule has 0 N–H and O–H groups in total. The zero-order valence-electron chi connectivity index (χ0n) is 9.44. The van der Waals surface area contributed by atoms with E-state index in [1.54, 1.807) is 10.6 Å². The van der Waals surface area contributed by atoms with E-state index in [9.17, 15) is 4.79 Å². The van der Waals surface area contributed by atoms with E-state index in [2.05, 4.69) is 4.98 Å². The van der Waals surface area contributed by atoms with Crippen molar-refractivity contribution in [2.45, 2.75) is 19.9 Å². The second kappa shape index (κ2) is 4.19. The summed E-state index contributed by atoms with van der Waals surface area (Å²) in [5, 5.41) is 10.00. The third-order valence-corrected chi connectivity index (χ3v) is 2.85. The first-order chi connectivity index (χ1) is 8.06. The third-order valence-electron chi connectivity index (χ3n) is 2.55. The van der Waals surface area contributed by atoms with Crippen LogP contribution in [0.5, 0.6) is 0 Å². The van der Waals surface area contributed by atoms with Crippen LogP contribution in [0.3, 0.4) is 0 Å². The van der Waals surface area contributed by atoms with E-state index in [4.69, 9.17) is 16.9 Å². The van der Waals surface area contributed by atoms with Gasteiger partial charge in [-0.15, -0.1) is 0 Å². The van der Waals surface area contributed by atoms with Crippen LogP contribution < -0.4 is 5.56 Å². The predicted octanol–water partition coefficient (Wildman–Crippen LogP) is 2.50. The molecule has 0 unspecified atom stereocenters. The number of nitriles is 1. The first-order valence-electron chi connectivity index (χ1n) is 5.16. The highest BCUT2D eigenvalue weighted by molar-refractivity contribution is 6.34. The van der Waals surface area contributed by atoms with Crippen molar-refractivity contribution >= 4 is 22.5 Å². The minimum absolute atomic E-state index is 0.0447. The van der Waals surface area contributed by atoms with Gasteiger partial charge in [0.1, 0.15) is 11.2 Å². The molecule has 2 aromatic heterocycles. The van der Waals surface area contributed by atoms with Crippen molar-refractivity contribution in [1.29, 1.82) is 5.26 Å². The molecule has 2 rings (SSSR count). The van der Waals surface area contributed by atoms with Crippen LogP contribution in [0, 0.1) is 11.3 Å². The van der Waals surface area contributed by atoms with Crippen LogP contribution in [0.15, 0.2) is 23.1 Å². The van der Waals surface area contributed by atoms with Crippen molar-refractivity contribution in [3.8, 4) is 6.07 Å². The van der Waals surface area contributed by atoms with Crippen molar-refractivity contribution in [3.63, 3.8) is 0 Å². The molecule has 0 aliphatic carbocycles. The van der Waals surface area contributed by atoms with Gasteiger partial charge < -0.3 is 4.57 Å². The summed E-state index contributed by atoms with van der Waals surface area (Å²) in [6.07, 6.45) is 1.39. The van der Waals surface area contributed by atoms with Crippen LogP contribution in [-0.4, -0.2) is 9.55 Å². The Morgan fingerprint density at radius 1 is 1.47 bits per heavy atom. The van der Waals surface area contributed by atoms with Crippen molar-refractivity contribution in [2.24, 2.45) is 0 Å². The summed E-state index contributed by atoms with van der Waals surface area (Å²) in [6.45, 7) is 3.77. The zero-order valence-corrected chi connectivity index (χ0v) is 10.2. The molecule has 2 heterocycles. The first kappa shape index (κ1) is 11.6. The SMILES string of the molecule is CC(C)n1c(=O)ccc2c(Cl)ncc(C#N)c21. The second-order valence-electron chi connectivity index (χ2n) is 3.97. The molecule has 0 fully saturated rings. The van der Waals surface area contributed by atoms with Crippen LogP contribution in [0.25, 0.3) is 10.9 Å². The van der Waals surface area contributed by atoms with E-state index in [0.717, 1.165) is 0 Å². The zero-order chi connectivity index (χ0) is 12.6. The van der Waals surface area contributed by atoms with Crippen LogP contribution in [0.2, 0.25) is 5.15 Å². The lowest BCUT2D eigenvalue weighted by molar-refractivity contribution is 0.600. The maximum Gasteiger partial charge on any atom is 0.251 e. The quantitative estimate of drug-likeness (QED) is 0.728. The second-order valence-corrected chi connectivity index (χ2v) is 4.33. The van der Waals surface area contributed by atoms with Crippen LogP contribution >= 0.6 is 11.6 Å². The molecule has 0 spiro atoms. The van der Waals surface area contributed by atoms with Crippen molar-refractivity contribution < 1.29 is 0 Å². The van der Waals surface area contributed by atoms with E-state index < -0.39 is 0 Å². The van der Waals surface area contributed by atoms with Gasteiger partial charge in [0.05, 0.1) is 11.1 Å². The minimum atomic E-state index is -0.147. The number of halogens is 1. The summed E-state index contributed by atoms with van der Waals surface area (Å²) in [4.78, 5) is 15.8. The molecule has 17 heavy (non-hydrogen) atoms. The van der Waals surface area contributed by atoms with Gasteiger partial charge in [-0.2, -0.15) is 5.26 Å². The van der Waals surface area contributed by atoms with Crippen molar-refractivity contribution in [3.05, 3.63) is 39.4 Å². The van der Waals surface area contributed by atoms with Crippen molar-refractivity contribution in [1.82, 2.24) is 9.55 Å². The maximum atomic E-state index is 11.8. The lowest BCUT2D eigenvalue weighted by Gasteiger charge is -2.14. The number of fused-ring (bicyclic) bond motifs is 1. The first-order valence-corrected chi connectivity index (χ1v) is 5.54. The molecule has 0 aliphatic rings. The van der Waals surface area contributed by atoms with Crippen LogP contribution in [0.4, 0.5) is 0 Å². The predicted molar refractivity (Wildman–Crippen MR) is 66.1 cm³/mol. The molecule has 2 aromatic rings. The summed E-state index contributed by atoms with van der Waals surface area (Å²) in [7, 11) is 0. The van der Waals surface area contributed by atoms with Crippen LogP contribution in [0.1, 0.15) is 25.5 Å². The maximum absolute atomic E-state index is 11.8. The Balaban J connectivity index is 3.07. The average molecular weight is 248 g/mol. The normalized spacial score (nSPS) is 10.8. The minimum Gasteiger partial charge on any atom is -0.304 e. The number of hydrogen-bond donors (Lipinski definition) is 0. The Labute approximate surface area is 103 Å². The summed E-state index contributed by atoms with van der Waals surface area (Å²) >= 11 is 5.98. The fourth-order valence-electron chi connectivity index (χ4n) is 1.84. The molecular weight excluding hydrogens is 238 g/mol. The van der Waals surface area contributed by atoms with E-state index in [0.29, 0.717) is 21.6 Å². The molecule has 86 valence electrons. The number of nitrogens with zero attached hydrogens (tertiary/aromatic N) is 3. The molecule has 0 bridgehead atoms. The Hall–Kier alpha value is -1.86. The summed E-state index contributed by atoms with van der Waals surface area (Å²) in [5.74, 6) is 0. The van der Waals surface area contributed by atoms with Gasteiger partial charge in [-0.3, -0.25) is 4.79 Å². The Kier molecular flexibility index (Phi) is 2.86. The Morgan fingerprint density at radius 2 is 2.18 bits per heavy atom. The fraction of sp³-hybridized carbons (Fsp3) is 0.250. The lowest BCUT2D eigenvalue weighted by Crippen LogP contribution is -2.22. The van der Waals surface area contributed by atoms with Gasteiger partial charge in [0.25, 0.3) is 5.56 Å². The largest absolute Gasteiger partial charge is 0.304 e. The van der Waals surface area contributed by atoms with Crippen molar-refractivity contribution in [2.75, 3.05) is 0 Å². The standard InChI is InChI=1S/C12H10ClN3O/c1-7(2)16-10(17)4-3-9-11(16)8(5-14)6-15-12(9)13/h3-4,6-7H,1-2H3. The average Bonchev–Trinajstić information content (AvgIpc) is 2.28. The highest BCUT2D eigenvalue weighted by Gasteiger charge is 2.13. The lowest BCUT2D eigenvalue weighted by atomic mass is 10.1. The molecule has 0 atom stereocenters. The molecule has 5 heteroatoms. The van der Waals surface area contributed by atoms with Crippen LogP contribution in [-0.2, 0) is 0 Å². The summed E-state index contributed by atoms with van der Waals surface area (Å²) in [5.41, 5.74) is 0.761. The van der Waals surface area contributed by atoms with Gasteiger partial charge in [-0.1, -0.05) is 11.6 Å². The number of pyridine rings is 2. The number of rotatable bonds is 1. The number of aromatic nitrogens is 2. The molecule has 0 amide bonds. The Morgan fingerprint density at radius 3 is 2.76 bits per heavy atom. The summed E-state index contributed by atoms with van der Waals surface area (Å²) < 4.78 is 1.56. The Bertz CT molecular complexity index is 682. The highest BCUT2D eigenvalue weighted by Crippen LogP contribution is 2.24. The third kappa shape index (κ3) is 1.79. The molecule has 0 aliphatic heterocycles.